The molecule has 0 radical (unpaired) electrons. The summed E-state index contributed by atoms with van der Waals surface area (Å²) in [5.41, 5.74) is 1.25. The van der Waals surface area contributed by atoms with E-state index < -0.39 is 29.7 Å². The van der Waals surface area contributed by atoms with Gasteiger partial charge in [0.05, 0.1) is 17.5 Å². The molecule has 3 nitrogen and oxygen atoms in total. The van der Waals surface area contributed by atoms with Crippen LogP contribution in [0.5, 0.6) is 0 Å². The Morgan fingerprint density at radius 2 is 1.81 bits per heavy atom. The number of nitrogens with zero attached hydrogens (tertiary/aromatic N) is 1. The van der Waals surface area contributed by atoms with Crippen LogP contribution in [0.3, 0.4) is 0 Å². The van der Waals surface area contributed by atoms with Gasteiger partial charge in [0.1, 0.15) is 0 Å². The first-order valence-corrected chi connectivity index (χ1v) is 8.97. The van der Waals surface area contributed by atoms with E-state index >= 15 is 0 Å². The molecular weight excluding hydrogens is 355 g/mol. The minimum Gasteiger partial charge on any atom is -0.481 e. The lowest BCUT2D eigenvalue weighted by Crippen LogP contribution is -2.41. The van der Waals surface area contributed by atoms with Crippen molar-refractivity contribution in [1.29, 1.82) is 0 Å². The molecule has 3 rings (SSSR count). The molecule has 0 aliphatic carbocycles. The molecule has 1 aliphatic heterocycles. The standard InChI is InChI=1S/C21H22F3NO2/c1-14-8-10-15(11-9-14)19(25-12-4-5-16(13-25)20(26)27)17-6-2-3-7-18(17)21(22,23)24/h2-3,6-11,16,19H,4-5,12-13H2,1H3,(H,26,27). The molecule has 1 N–H and O–H groups in total. The molecule has 1 saturated heterocycles. The van der Waals surface area contributed by atoms with E-state index in [4.69, 9.17) is 0 Å². The van der Waals surface area contributed by atoms with E-state index in [9.17, 15) is 23.1 Å². The van der Waals surface area contributed by atoms with Crippen molar-refractivity contribution < 1.29 is 23.1 Å². The lowest BCUT2D eigenvalue weighted by molar-refractivity contribution is -0.144. The molecule has 2 atom stereocenters. The number of rotatable bonds is 4. The number of hydrogen-bond acceptors (Lipinski definition) is 2. The summed E-state index contributed by atoms with van der Waals surface area (Å²) >= 11 is 0. The van der Waals surface area contributed by atoms with Crippen LogP contribution in [-0.2, 0) is 11.0 Å². The van der Waals surface area contributed by atoms with Crippen molar-refractivity contribution >= 4 is 5.97 Å². The topological polar surface area (TPSA) is 40.5 Å². The van der Waals surface area contributed by atoms with Gasteiger partial charge >= 0.3 is 12.1 Å². The summed E-state index contributed by atoms with van der Waals surface area (Å²) in [5.74, 6) is -1.46. The lowest BCUT2D eigenvalue weighted by atomic mass is 9.89. The van der Waals surface area contributed by atoms with E-state index in [1.807, 2.05) is 36.1 Å². The molecule has 144 valence electrons. The number of piperidine rings is 1. The predicted molar refractivity (Wildman–Crippen MR) is 96.4 cm³/mol. The number of carboxylic acids is 1. The van der Waals surface area contributed by atoms with Crippen LogP contribution in [0.2, 0.25) is 0 Å². The predicted octanol–water partition coefficient (Wildman–Crippen LogP) is 4.90. The number of benzene rings is 2. The first-order chi connectivity index (χ1) is 12.8. The van der Waals surface area contributed by atoms with Gasteiger partial charge in [-0.3, -0.25) is 9.69 Å². The first-order valence-electron chi connectivity index (χ1n) is 8.97. The molecule has 2 aromatic carbocycles. The third kappa shape index (κ3) is 4.33. The monoisotopic (exact) mass is 377 g/mol. The fourth-order valence-corrected chi connectivity index (χ4v) is 3.77. The highest BCUT2D eigenvalue weighted by atomic mass is 19.4. The van der Waals surface area contributed by atoms with Gasteiger partial charge in [0.2, 0.25) is 0 Å². The summed E-state index contributed by atoms with van der Waals surface area (Å²) in [4.78, 5) is 13.3. The Bertz CT molecular complexity index is 802. The minimum atomic E-state index is -4.47. The molecule has 0 bridgehead atoms. The Balaban J connectivity index is 2.09. The number of alkyl halides is 3. The van der Waals surface area contributed by atoms with E-state index in [-0.39, 0.29) is 12.1 Å². The van der Waals surface area contributed by atoms with Crippen LogP contribution in [0.4, 0.5) is 13.2 Å². The van der Waals surface area contributed by atoms with Gasteiger partial charge in [-0.1, -0.05) is 48.0 Å². The molecule has 0 amide bonds. The average molecular weight is 377 g/mol. The fourth-order valence-electron chi connectivity index (χ4n) is 3.77. The van der Waals surface area contributed by atoms with Crippen molar-refractivity contribution in [3.05, 3.63) is 70.8 Å². The van der Waals surface area contributed by atoms with Crippen molar-refractivity contribution in [2.75, 3.05) is 13.1 Å². The fraction of sp³-hybridized carbons (Fsp3) is 0.381. The zero-order valence-electron chi connectivity index (χ0n) is 15.0. The van der Waals surface area contributed by atoms with Crippen LogP contribution < -0.4 is 0 Å². The highest BCUT2D eigenvalue weighted by molar-refractivity contribution is 5.70. The molecular formula is C21H22F3NO2. The summed E-state index contributed by atoms with van der Waals surface area (Å²) in [6.07, 6.45) is -3.28. The largest absolute Gasteiger partial charge is 0.481 e. The Labute approximate surface area is 156 Å². The van der Waals surface area contributed by atoms with Crippen LogP contribution in [-0.4, -0.2) is 29.1 Å². The summed E-state index contributed by atoms with van der Waals surface area (Å²) in [5, 5.41) is 9.39. The second kappa shape index (κ2) is 7.72. The summed E-state index contributed by atoms with van der Waals surface area (Å²) in [7, 11) is 0. The summed E-state index contributed by atoms with van der Waals surface area (Å²) < 4.78 is 40.9. The molecule has 27 heavy (non-hydrogen) atoms. The molecule has 2 unspecified atom stereocenters. The smallest absolute Gasteiger partial charge is 0.416 e. The molecule has 0 saturated carbocycles. The van der Waals surface area contributed by atoms with E-state index in [0.717, 1.165) is 17.2 Å². The number of carbonyl (C=O) groups is 1. The van der Waals surface area contributed by atoms with Crippen molar-refractivity contribution in [3.63, 3.8) is 0 Å². The highest BCUT2D eigenvalue weighted by Gasteiger charge is 2.38. The number of halogens is 3. The van der Waals surface area contributed by atoms with E-state index in [1.165, 1.54) is 12.1 Å². The zero-order valence-corrected chi connectivity index (χ0v) is 15.0. The van der Waals surface area contributed by atoms with Gasteiger partial charge < -0.3 is 5.11 Å². The second-order valence-corrected chi connectivity index (χ2v) is 7.07. The number of aryl methyl sites for hydroxylation is 1. The maximum absolute atomic E-state index is 13.6. The molecule has 0 spiro atoms. The SMILES string of the molecule is Cc1ccc(C(c2ccccc2C(F)(F)F)N2CCCC(C(=O)O)C2)cc1. The van der Waals surface area contributed by atoms with Gasteiger partial charge in [-0.05, 0) is 43.5 Å². The molecule has 0 aromatic heterocycles. The zero-order chi connectivity index (χ0) is 19.6. The van der Waals surface area contributed by atoms with Crippen molar-refractivity contribution in [1.82, 2.24) is 4.90 Å². The molecule has 1 aliphatic rings. The third-order valence-corrected chi connectivity index (χ3v) is 5.12. The van der Waals surface area contributed by atoms with Gasteiger partial charge in [0.15, 0.2) is 0 Å². The van der Waals surface area contributed by atoms with Crippen LogP contribution >= 0.6 is 0 Å². The normalized spacial score (nSPS) is 19.6. The van der Waals surface area contributed by atoms with Gasteiger partial charge in [-0.2, -0.15) is 13.2 Å². The minimum absolute atomic E-state index is 0.167. The van der Waals surface area contributed by atoms with Crippen LogP contribution in [0, 0.1) is 12.8 Å². The van der Waals surface area contributed by atoms with Gasteiger partial charge in [-0.25, -0.2) is 0 Å². The summed E-state index contributed by atoms with van der Waals surface area (Å²) in [6, 6.07) is 12.3. The van der Waals surface area contributed by atoms with E-state index in [1.54, 1.807) is 6.07 Å². The number of carboxylic acid groups (broad SMARTS) is 1. The Morgan fingerprint density at radius 1 is 1.15 bits per heavy atom. The Kier molecular flexibility index (Phi) is 5.56. The maximum atomic E-state index is 13.6. The molecule has 2 aromatic rings. The number of likely N-dealkylation sites (tertiary alicyclic amines) is 1. The van der Waals surface area contributed by atoms with Crippen molar-refractivity contribution in [2.24, 2.45) is 5.92 Å². The van der Waals surface area contributed by atoms with Crippen LogP contribution in [0.15, 0.2) is 48.5 Å². The highest BCUT2D eigenvalue weighted by Crippen LogP contribution is 2.40. The first kappa shape index (κ1) is 19.4. The van der Waals surface area contributed by atoms with Gasteiger partial charge in [0.25, 0.3) is 0 Å². The van der Waals surface area contributed by atoms with E-state index in [2.05, 4.69) is 0 Å². The number of aliphatic carboxylic acids is 1. The third-order valence-electron chi connectivity index (χ3n) is 5.12. The maximum Gasteiger partial charge on any atom is 0.416 e. The molecule has 1 fully saturated rings. The Hall–Kier alpha value is -2.34. The summed E-state index contributed by atoms with van der Waals surface area (Å²) in [6.45, 7) is 2.72. The quantitative estimate of drug-likeness (QED) is 0.824. The van der Waals surface area contributed by atoms with Crippen LogP contribution in [0.1, 0.15) is 41.1 Å². The van der Waals surface area contributed by atoms with Gasteiger partial charge in [0, 0.05) is 6.54 Å². The second-order valence-electron chi connectivity index (χ2n) is 7.07. The van der Waals surface area contributed by atoms with E-state index in [0.29, 0.717) is 19.4 Å². The molecule has 1 heterocycles. The van der Waals surface area contributed by atoms with Crippen molar-refractivity contribution in [2.45, 2.75) is 32.0 Å². The molecule has 6 heteroatoms. The lowest BCUT2D eigenvalue weighted by Gasteiger charge is -2.38. The average Bonchev–Trinajstić information content (AvgIpc) is 2.63. The van der Waals surface area contributed by atoms with Gasteiger partial charge in [-0.15, -0.1) is 0 Å². The van der Waals surface area contributed by atoms with Crippen molar-refractivity contribution in [3.8, 4) is 0 Å². The van der Waals surface area contributed by atoms with Crippen LogP contribution in [0.25, 0.3) is 0 Å². The Morgan fingerprint density at radius 3 is 2.44 bits per heavy atom. The number of hydrogen-bond donors (Lipinski definition) is 1.